The van der Waals surface area contributed by atoms with Crippen molar-refractivity contribution in [1.82, 2.24) is 5.32 Å². The molecule has 1 N–H and O–H groups in total. The van der Waals surface area contributed by atoms with Gasteiger partial charge in [-0.25, -0.2) is 0 Å². The van der Waals surface area contributed by atoms with E-state index in [0.29, 0.717) is 18.0 Å². The Morgan fingerprint density at radius 2 is 1.75 bits per heavy atom. The van der Waals surface area contributed by atoms with Crippen molar-refractivity contribution >= 4 is 0 Å². The van der Waals surface area contributed by atoms with E-state index in [0.717, 1.165) is 13.2 Å². The normalized spacial score (nSPS) is 27.9. The van der Waals surface area contributed by atoms with Gasteiger partial charge in [-0.15, -0.1) is 0 Å². The zero-order valence-electron chi connectivity index (χ0n) is 11.5. The van der Waals surface area contributed by atoms with E-state index in [-0.39, 0.29) is 0 Å². The van der Waals surface area contributed by atoms with Gasteiger partial charge in [0.05, 0.1) is 19.3 Å². The molecule has 102 valence electrons. The van der Waals surface area contributed by atoms with Crippen LogP contribution in [-0.2, 0) is 11.3 Å². The van der Waals surface area contributed by atoms with Crippen molar-refractivity contribution in [3.63, 3.8) is 0 Å². The number of nitrogens with one attached hydrogen (secondary N) is 1. The lowest BCUT2D eigenvalue weighted by molar-refractivity contribution is 0.0814. The molecule has 2 aromatic rings. The van der Waals surface area contributed by atoms with Crippen molar-refractivity contribution in [1.29, 1.82) is 0 Å². The minimum absolute atomic E-state index is 0.346. The fourth-order valence-corrected chi connectivity index (χ4v) is 3.23. The minimum Gasteiger partial charge on any atom is -0.375 e. The van der Waals surface area contributed by atoms with Crippen LogP contribution in [-0.4, -0.2) is 12.6 Å². The van der Waals surface area contributed by atoms with Crippen LogP contribution in [0.3, 0.4) is 0 Å². The van der Waals surface area contributed by atoms with Crippen LogP contribution in [0.15, 0.2) is 54.6 Å². The molecule has 0 saturated heterocycles. The lowest BCUT2D eigenvalue weighted by Crippen LogP contribution is -2.31. The summed E-state index contributed by atoms with van der Waals surface area (Å²) in [6.07, 6.45) is 1.24. The second-order valence-corrected chi connectivity index (χ2v) is 5.79. The standard InChI is InChI=1S/C18H19NO/c1-2-6-13(7-3-1)16-10-17(16)19-18-12-20-11-14-8-4-5-9-15(14)18/h1-9,16-19H,10-12H2. The van der Waals surface area contributed by atoms with Crippen molar-refractivity contribution in [3.05, 3.63) is 71.3 Å². The quantitative estimate of drug-likeness (QED) is 0.918. The third-order valence-corrected chi connectivity index (χ3v) is 4.41. The molecule has 0 bridgehead atoms. The Morgan fingerprint density at radius 3 is 2.65 bits per heavy atom. The average Bonchev–Trinajstić information content (AvgIpc) is 3.28. The van der Waals surface area contributed by atoms with Crippen LogP contribution in [0.1, 0.15) is 35.1 Å². The highest BCUT2D eigenvalue weighted by atomic mass is 16.5. The van der Waals surface area contributed by atoms with Gasteiger partial charge in [0.1, 0.15) is 0 Å². The Morgan fingerprint density at radius 1 is 0.950 bits per heavy atom. The molecule has 1 aliphatic carbocycles. The lowest BCUT2D eigenvalue weighted by Gasteiger charge is -2.26. The Labute approximate surface area is 119 Å². The Kier molecular flexibility index (Phi) is 3.06. The van der Waals surface area contributed by atoms with Gasteiger partial charge in [-0.05, 0) is 23.1 Å². The smallest absolute Gasteiger partial charge is 0.0721 e. The molecule has 0 radical (unpaired) electrons. The van der Waals surface area contributed by atoms with Gasteiger partial charge < -0.3 is 10.1 Å². The molecule has 1 saturated carbocycles. The summed E-state index contributed by atoms with van der Waals surface area (Å²) in [5.74, 6) is 0.672. The molecule has 0 amide bonds. The third kappa shape index (κ3) is 2.26. The topological polar surface area (TPSA) is 21.3 Å². The maximum atomic E-state index is 5.72. The van der Waals surface area contributed by atoms with Crippen molar-refractivity contribution in [2.45, 2.75) is 31.0 Å². The SMILES string of the molecule is c1ccc(C2CC2NC2COCc3ccccc32)cc1. The molecule has 2 aromatic carbocycles. The Hall–Kier alpha value is -1.64. The van der Waals surface area contributed by atoms with E-state index in [1.807, 2.05) is 0 Å². The Balaban J connectivity index is 1.47. The van der Waals surface area contributed by atoms with Gasteiger partial charge in [0.2, 0.25) is 0 Å². The third-order valence-electron chi connectivity index (χ3n) is 4.41. The summed E-state index contributed by atoms with van der Waals surface area (Å²) in [6.45, 7) is 1.54. The first-order valence-electron chi connectivity index (χ1n) is 7.38. The van der Waals surface area contributed by atoms with E-state index >= 15 is 0 Å². The van der Waals surface area contributed by atoms with Gasteiger partial charge in [-0.3, -0.25) is 0 Å². The highest BCUT2D eigenvalue weighted by molar-refractivity contribution is 5.33. The minimum atomic E-state index is 0.346. The van der Waals surface area contributed by atoms with Crippen LogP contribution < -0.4 is 5.32 Å². The molecule has 2 nitrogen and oxygen atoms in total. The Bertz CT molecular complexity index is 595. The van der Waals surface area contributed by atoms with E-state index in [1.54, 1.807) is 0 Å². The van der Waals surface area contributed by atoms with Gasteiger partial charge in [-0.1, -0.05) is 54.6 Å². The molecule has 3 atom stereocenters. The molecule has 1 heterocycles. The average molecular weight is 265 g/mol. The van der Waals surface area contributed by atoms with Crippen LogP contribution in [0.25, 0.3) is 0 Å². The molecular weight excluding hydrogens is 246 g/mol. The van der Waals surface area contributed by atoms with Gasteiger partial charge in [-0.2, -0.15) is 0 Å². The van der Waals surface area contributed by atoms with Crippen molar-refractivity contribution in [3.8, 4) is 0 Å². The monoisotopic (exact) mass is 265 g/mol. The number of rotatable bonds is 3. The zero-order valence-corrected chi connectivity index (χ0v) is 11.5. The predicted molar refractivity (Wildman–Crippen MR) is 79.6 cm³/mol. The van der Waals surface area contributed by atoms with Crippen LogP contribution in [0, 0.1) is 0 Å². The highest BCUT2D eigenvalue weighted by Crippen LogP contribution is 2.42. The summed E-state index contributed by atoms with van der Waals surface area (Å²) in [6, 6.07) is 20.4. The van der Waals surface area contributed by atoms with Crippen molar-refractivity contribution < 1.29 is 4.74 Å². The van der Waals surface area contributed by atoms with Crippen LogP contribution in [0.4, 0.5) is 0 Å². The maximum Gasteiger partial charge on any atom is 0.0721 e. The second kappa shape index (κ2) is 5.04. The fourth-order valence-electron chi connectivity index (χ4n) is 3.23. The molecule has 0 aromatic heterocycles. The molecule has 1 aliphatic heterocycles. The fraction of sp³-hybridized carbons (Fsp3) is 0.333. The highest BCUT2D eigenvalue weighted by Gasteiger charge is 2.40. The predicted octanol–water partition coefficient (Wildman–Crippen LogP) is 3.40. The molecular formula is C18H19NO. The number of benzene rings is 2. The van der Waals surface area contributed by atoms with E-state index in [1.165, 1.54) is 23.1 Å². The zero-order chi connectivity index (χ0) is 13.4. The van der Waals surface area contributed by atoms with Crippen molar-refractivity contribution in [2.75, 3.05) is 6.61 Å². The molecule has 1 fully saturated rings. The summed E-state index contributed by atoms with van der Waals surface area (Å²) in [4.78, 5) is 0. The molecule has 2 heteroatoms. The molecule has 3 unspecified atom stereocenters. The van der Waals surface area contributed by atoms with Gasteiger partial charge in [0, 0.05) is 12.0 Å². The lowest BCUT2D eigenvalue weighted by atomic mass is 9.99. The maximum absolute atomic E-state index is 5.72. The summed E-state index contributed by atoms with van der Waals surface area (Å²) >= 11 is 0. The van der Waals surface area contributed by atoms with Crippen molar-refractivity contribution in [2.24, 2.45) is 0 Å². The molecule has 4 rings (SSSR count). The van der Waals surface area contributed by atoms with Crippen LogP contribution >= 0.6 is 0 Å². The number of fused-ring (bicyclic) bond motifs is 1. The van der Waals surface area contributed by atoms with E-state index in [2.05, 4.69) is 59.9 Å². The summed E-state index contributed by atoms with van der Waals surface area (Å²) in [5.41, 5.74) is 4.20. The largest absolute Gasteiger partial charge is 0.375 e. The van der Waals surface area contributed by atoms with Gasteiger partial charge in [0.25, 0.3) is 0 Å². The van der Waals surface area contributed by atoms with Gasteiger partial charge in [0.15, 0.2) is 0 Å². The molecule has 2 aliphatic rings. The van der Waals surface area contributed by atoms with E-state index < -0.39 is 0 Å². The molecule has 0 spiro atoms. The first-order valence-corrected chi connectivity index (χ1v) is 7.38. The number of hydrogen-bond donors (Lipinski definition) is 1. The number of ether oxygens (including phenoxy) is 1. The van der Waals surface area contributed by atoms with E-state index in [9.17, 15) is 0 Å². The summed E-state index contributed by atoms with van der Waals surface area (Å²) in [7, 11) is 0. The number of hydrogen-bond acceptors (Lipinski definition) is 2. The van der Waals surface area contributed by atoms with E-state index in [4.69, 9.17) is 4.74 Å². The summed E-state index contributed by atoms with van der Waals surface area (Å²) in [5, 5.41) is 3.77. The first-order chi connectivity index (χ1) is 9.92. The van der Waals surface area contributed by atoms with Crippen LogP contribution in [0.5, 0.6) is 0 Å². The van der Waals surface area contributed by atoms with Gasteiger partial charge >= 0.3 is 0 Å². The molecule has 20 heavy (non-hydrogen) atoms. The second-order valence-electron chi connectivity index (χ2n) is 5.79. The first kappa shape index (κ1) is 12.1. The van der Waals surface area contributed by atoms with Crippen LogP contribution in [0.2, 0.25) is 0 Å². The summed E-state index contributed by atoms with van der Waals surface area (Å²) < 4.78 is 5.72.